The molecular formula is C21H17ClN2O3. The lowest BCUT2D eigenvalue weighted by Gasteiger charge is -2.10. The number of hydrogen-bond donors (Lipinski definition) is 2. The first-order valence-corrected chi connectivity index (χ1v) is 8.56. The van der Waals surface area contributed by atoms with Crippen LogP contribution < -0.4 is 15.4 Å². The highest BCUT2D eigenvalue weighted by molar-refractivity contribution is 6.31. The number of anilines is 2. The predicted molar refractivity (Wildman–Crippen MR) is 107 cm³/mol. The van der Waals surface area contributed by atoms with Gasteiger partial charge in [-0.05, 0) is 54.6 Å². The molecule has 0 heterocycles. The minimum absolute atomic E-state index is 0.283. The maximum Gasteiger partial charge on any atom is 0.255 e. The highest BCUT2D eigenvalue weighted by atomic mass is 35.5. The predicted octanol–water partition coefficient (Wildman–Crippen LogP) is 4.85. The Kier molecular flexibility index (Phi) is 5.74. The zero-order chi connectivity index (χ0) is 19.2. The second-order valence-electron chi connectivity index (χ2n) is 5.70. The maximum absolute atomic E-state index is 12.4. The van der Waals surface area contributed by atoms with Gasteiger partial charge in [-0.1, -0.05) is 29.8 Å². The Bertz CT molecular complexity index is 971. The Morgan fingerprint density at radius 3 is 2.07 bits per heavy atom. The van der Waals surface area contributed by atoms with Crippen LogP contribution in [0.2, 0.25) is 5.02 Å². The van der Waals surface area contributed by atoms with Crippen LogP contribution in [0.1, 0.15) is 20.7 Å². The Balaban J connectivity index is 1.69. The van der Waals surface area contributed by atoms with Crippen LogP contribution in [0.3, 0.4) is 0 Å². The van der Waals surface area contributed by atoms with Crippen molar-refractivity contribution in [2.45, 2.75) is 0 Å². The Labute approximate surface area is 161 Å². The summed E-state index contributed by atoms with van der Waals surface area (Å²) >= 11 is 5.91. The van der Waals surface area contributed by atoms with Gasteiger partial charge in [-0.2, -0.15) is 0 Å². The van der Waals surface area contributed by atoms with Crippen molar-refractivity contribution in [3.63, 3.8) is 0 Å². The molecule has 6 heteroatoms. The van der Waals surface area contributed by atoms with Crippen LogP contribution in [0.25, 0.3) is 0 Å². The second-order valence-corrected chi connectivity index (χ2v) is 6.13. The molecule has 0 atom stereocenters. The summed E-state index contributed by atoms with van der Waals surface area (Å²) < 4.78 is 5.22. The third-order valence-corrected chi connectivity index (χ3v) is 4.08. The molecule has 5 nitrogen and oxygen atoms in total. The van der Waals surface area contributed by atoms with Gasteiger partial charge in [-0.3, -0.25) is 9.59 Å². The summed E-state index contributed by atoms with van der Waals surface area (Å²) in [6.07, 6.45) is 0. The van der Waals surface area contributed by atoms with E-state index in [0.29, 0.717) is 33.3 Å². The molecule has 3 aromatic carbocycles. The van der Waals surface area contributed by atoms with E-state index in [1.165, 1.54) is 7.11 Å². The van der Waals surface area contributed by atoms with Crippen molar-refractivity contribution in [3.8, 4) is 5.75 Å². The molecule has 0 radical (unpaired) electrons. The van der Waals surface area contributed by atoms with Crippen LogP contribution in [0.4, 0.5) is 11.4 Å². The summed E-state index contributed by atoms with van der Waals surface area (Å²) in [7, 11) is 1.54. The molecule has 2 N–H and O–H groups in total. The molecule has 0 unspecified atom stereocenters. The van der Waals surface area contributed by atoms with Gasteiger partial charge in [0.15, 0.2) is 0 Å². The number of para-hydroxylation sites is 2. The van der Waals surface area contributed by atoms with Crippen molar-refractivity contribution < 1.29 is 14.3 Å². The molecule has 0 aromatic heterocycles. The monoisotopic (exact) mass is 380 g/mol. The zero-order valence-corrected chi connectivity index (χ0v) is 15.3. The van der Waals surface area contributed by atoms with E-state index in [1.54, 1.807) is 66.7 Å². The summed E-state index contributed by atoms with van der Waals surface area (Å²) in [5.41, 5.74) is 2.04. The Morgan fingerprint density at radius 1 is 0.815 bits per heavy atom. The lowest BCUT2D eigenvalue weighted by Crippen LogP contribution is -2.14. The van der Waals surface area contributed by atoms with E-state index in [4.69, 9.17) is 16.3 Å². The summed E-state index contributed by atoms with van der Waals surface area (Å²) in [4.78, 5) is 24.7. The SMILES string of the molecule is COc1ccccc1NC(=O)c1ccc(C(=O)Nc2cccc(Cl)c2)cc1. The second kappa shape index (κ2) is 8.38. The van der Waals surface area contributed by atoms with Gasteiger partial charge in [0.25, 0.3) is 11.8 Å². The first-order valence-electron chi connectivity index (χ1n) is 8.18. The third kappa shape index (κ3) is 4.65. The fraction of sp³-hybridized carbons (Fsp3) is 0.0476. The minimum Gasteiger partial charge on any atom is -0.495 e. The van der Waals surface area contributed by atoms with Crippen molar-refractivity contribution in [1.29, 1.82) is 0 Å². The van der Waals surface area contributed by atoms with Crippen LogP contribution in [-0.4, -0.2) is 18.9 Å². The fourth-order valence-corrected chi connectivity index (χ4v) is 2.68. The van der Waals surface area contributed by atoms with Gasteiger partial charge >= 0.3 is 0 Å². The highest BCUT2D eigenvalue weighted by Gasteiger charge is 2.11. The highest BCUT2D eigenvalue weighted by Crippen LogP contribution is 2.23. The van der Waals surface area contributed by atoms with E-state index in [1.807, 2.05) is 6.07 Å². The lowest BCUT2D eigenvalue weighted by atomic mass is 10.1. The standard InChI is InChI=1S/C21H17ClN2O3/c1-27-19-8-3-2-7-18(19)24-21(26)15-11-9-14(10-12-15)20(25)23-17-6-4-5-16(22)13-17/h2-13H,1H3,(H,23,25)(H,24,26). The van der Waals surface area contributed by atoms with Gasteiger partial charge in [0.05, 0.1) is 12.8 Å². The molecule has 27 heavy (non-hydrogen) atoms. The molecule has 0 aliphatic rings. The smallest absolute Gasteiger partial charge is 0.255 e. The van der Waals surface area contributed by atoms with Crippen molar-refractivity contribution in [1.82, 2.24) is 0 Å². The van der Waals surface area contributed by atoms with E-state index in [-0.39, 0.29) is 11.8 Å². The summed E-state index contributed by atoms with van der Waals surface area (Å²) in [5, 5.41) is 6.09. The first-order chi connectivity index (χ1) is 13.1. The van der Waals surface area contributed by atoms with E-state index in [2.05, 4.69) is 10.6 Å². The van der Waals surface area contributed by atoms with Crippen LogP contribution in [0.15, 0.2) is 72.8 Å². The van der Waals surface area contributed by atoms with Crippen molar-refractivity contribution >= 4 is 34.8 Å². The topological polar surface area (TPSA) is 67.4 Å². The number of nitrogens with one attached hydrogen (secondary N) is 2. The molecule has 3 rings (SSSR count). The summed E-state index contributed by atoms with van der Waals surface area (Å²) in [5.74, 6) is -0.00128. The molecule has 136 valence electrons. The third-order valence-electron chi connectivity index (χ3n) is 3.85. The number of carbonyl (C=O) groups excluding carboxylic acids is 2. The van der Waals surface area contributed by atoms with E-state index < -0.39 is 0 Å². The molecule has 2 amide bonds. The molecule has 0 spiro atoms. The average Bonchev–Trinajstić information content (AvgIpc) is 2.68. The number of halogens is 1. The maximum atomic E-state index is 12.4. The van der Waals surface area contributed by atoms with Gasteiger partial charge in [-0.15, -0.1) is 0 Å². The number of methoxy groups -OCH3 is 1. The normalized spacial score (nSPS) is 10.1. The van der Waals surface area contributed by atoms with E-state index >= 15 is 0 Å². The zero-order valence-electron chi connectivity index (χ0n) is 14.5. The molecule has 0 aliphatic carbocycles. The van der Waals surface area contributed by atoms with Crippen molar-refractivity contribution in [2.75, 3.05) is 17.7 Å². The quantitative estimate of drug-likeness (QED) is 0.664. The molecule has 0 saturated carbocycles. The Hall–Kier alpha value is -3.31. The number of ether oxygens (including phenoxy) is 1. The van der Waals surface area contributed by atoms with Crippen LogP contribution in [0.5, 0.6) is 5.75 Å². The van der Waals surface area contributed by atoms with E-state index in [0.717, 1.165) is 0 Å². The minimum atomic E-state index is -0.290. The van der Waals surface area contributed by atoms with Gasteiger partial charge in [0, 0.05) is 21.8 Å². The molecule has 0 bridgehead atoms. The number of amides is 2. The first kappa shape index (κ1) is 18.5. The fourth-order valence-electron chi connectivity index (χ4n) is 2.48. The molecule has 0 aliphatic heterocycles. The molecule has 0 fully saturated rings. The molecule has 0 saturated heterocycles. The largest absolute Gasteiger partial charge is 0.495 e. The Morgan fingerprint density at radius 2 is 1.44 bits per heavy atom. The van der Waals surface area contributed by atoms with Gasteiger partial charge in [0.2, 0.25) is 0 Å². The number of rotatable bonds is 5. The van der Waals surface area contributed by atoms with Gasteiger partial charge in [0.1, 0.15) is 5.75 Å². The average molecular weight is 381 g/mol. The van der Waals surface area contributed by atoms with Crippen LogP contribution in [0, 0.1) is 0 Å². The molecular weight excluding hydrogens is 364 g/mol. The van der Waals surface area contributed by atoms with Crippen LogP contribution >= 0.6 is 11.6 Å². The van der Waals surface area contributed by atoms with Gasteiger partial charge < -0.3 is 15.4 Å². The lowest BCUT2D eigenvalue weighted by molar-refractivity contribution is 0.101. The number of hydrogen-bond acceptors (Lipinski definition) is 3. The van der Waals surface area contributed by atoms with Crippen molar-refractivity contribution in [2.24, 2.45) is 0 Å². The van der Waals surface area contributed by atoms with Crippen molar-refractivity contribution in [3.05, 3.63) is 88.9 Å². The number of benzene rings is 3. The summed E-state index contributed by atoms with van der Waals surface area (Å²) in [6, 6.07) is 20.4. The molecule has 3 aromatic rings. The van der Waals surface area contributed by atoms with E-state index in [9.17, 15) is 9.59 Å². The summed E-state index contributed by atoms with van der Waals surface area (Å²) in [6.45, 7) is 0. The van der Waals surface area contributed by atoms with Gasteiger partial charge in [-0.25, -0.2) is 0 Å². The number of carbonyl (C=O) groups is 2. The van der Waals surface area contributed by atoms with Crippen LogP contribution in [-0.2, 0) is 0 Å².